The van der Waals surface area contributed by atoms with Gasteiger partial charge in [-0.25, -0.2) is 0 Å². The minimum atomic E-state index is -0.142. The molecule has 30 heavy (non-hydrogen) atoms. The molecule has 1 saturated carbocycles. The van der Waals surface area contributed by atoms with Crippen LogP contribution in [0.5, 0.6) is 0 Å². The van der Waals surface area contributed by atoms with Crippen molar-refractivity contribution in [1.82, 2.24) is 19.9 Å². The van der Waals surface area contributed by atoms with Crippen molar-refractivity contribution >= 4 is 23.5 Å². The van der Waals surface area contributed by atoms with Gasteiger partial charge >= 0.3 is 0 Å². The summed E-state index contributed by atoms with van der Waals surface area (Å²) < 4.78 is 7.26. The van der Waals surface area contributed by atoms with Gasteiger partial charge in [-0.15, -0.1) is 10.2 Å². The van der Waals surface area contributed by atoms with Crippen molar-refractivity contribution in [2.24, 2.45) is 5.92 Å². The van der Waals surface area contributed by atoms with E-state index < -0.39 is 0 Å². The van der Waals surface area contributed by atoms with Crippen molar-refractivity contribution in [3.05, 3.63) is 41.7 Å². The number of hydrogen-bond acceptors (Lipinski definition) is 6. The minimum Gasteiger partial charge on any atom is -0.360 e. The van der Waals surface area contributed by atoms with Crippen LogP contribution < -0.4 is 5.32 Å². The van der Waals surface area contributed by atoms with E-state index in [1.54, 1.807) is 13.0 Å². The first kappa shape index (κ1) is 20.7. The second-order valence-electron chi connectivity index (χ2n) is 8.03. The predicted octanol–water partition coefficient (Wildman–Crippen LogP) is 5.03. The molecule has 1 fully saturated rings. The molecule has 2 atom stereocenters. The van der Waals surface area contributed by atoms with Crippen LogP contribution in [-0.2, 0) is 4.79 Å². The second kappa shape index (κ2) is 9.04. The highest BCUT2D eigenvalue weighted by atomic mass is 32.2. The minimum absolute atomic E-state index is 0.142. The third-order valence-electron chi connectivity index (χ3n) is 5.57. The monoisotopic (exact) mass is 425 g/mol. The van der Waals surface area contributed by atoms with Gasteiger partial charge in [0.15, 0.2) is 16.8 Å². The van der Waals surface area contributed by atoms with Gasteiger partial charge in [0.25, 0.3) is 0 Å². The normalized spacial score (nSPS) is 19.0. The number of anilines is 1. The lowest BCUT2D eigenvalue weighted by atomic mass is 9.85. The highest BCUT2D eigenvalue weighted by Gasteiger charge is 2.29. The van der Waals surface area contributed by atoms with Crippen LogP contribution in [0.1, 0.15) is 50.0 Å². The maximum Gasteiger partial charge on any atom is 0.236 e. The topological polar surface area (TPSA) is 85.8 Å². The molecule has 4 rings (SSSR count). The number of aryl methyl sites for hydroxylation is 2. The highest BCUT2D eigenvalue weighted by Crippen LogP contribution is 2.39. The molecule has 1 aromatic carbocycles. The Morgan fingerprint density at radius 2 is 2.07 bits per heavy atom. The molecule has 2 heterocycles. The Morgan fingerprint density at radius 1 is 1.23 bits per heavy atom. The summed E-state index contributed by atoms with van der Waals surface area (Å²) in [6.45, 7) is 6.18. The smallest absolute Gasteiger partial charge is 0.236 e. The molecule has 0 aliphatic heterocycles. The summed E-state index contributed by atoms with van der Waals surface area (Å²) >= 11 is 1.42. The second-order valence-corrected chi connectivity index (χ2v) is 8.98. The van der Waals surface area contributed by atoms with Gasteiger partial charge in [0, 0.05) is 17.7 Å². The van der Waals surface area contributed by atoms with Crippen LogP contribution in [0, 0.1) is 19.8 Å². The van der Waals surface area contributed by atoms with E-state index in [-0.39, 0.29) is 11.7 Å². The molecular weight excluding hydrogens is 398 g/mol. The Hall–Kier alpha value is -2.61. The number of hydrogen-bond donors (Lipinski definition) is 1. The Labute approximate surface area is 180 Å². The van der Waals surface area contributed by atoms with E-state index in [0.717, 1.165) is 23.0 Å². The molecule has 7 nitrogen and oxygen atoms in total. The molecule has 1 aliphatic rings. The van der Waals surface area contributed by atoms with E-state index in [0.29, 0.717) is 23.5 Å². The summed E-state index contributed by atoms with van der Waals surface area (Å²) in [5.41, 5.74) is 2.25. The number of carbonyl (C=O) groups excluding carboxylic acids is 1. The lowest BCUT2D eigenvalue weighted by molar-refractivity contribution is -0.113. The molecule has 1 amide bonds. The number of amides is 1. The third-order valence-corrected chi connectivity index (χ3v) is 6.51. The molecule has 3 aromatic rings. The molecule has 2 aromatic heterocycles. The molecule has 0 bridgehead atoms. The first-order valence-electron chi connectivity index (χ1n) is 10.4. The van der Waals surface area contributed by atoms with E-state index >= 15 is 0 Å². The van der Waals surface area contributed by atoms with Crippen LogP contribution in [-0.4, -0.2) is 31.6 Å². The quantitative estimate of drug-likeness (QED) is 0.557. The van der Waals surface area contributed by atoms with Gasteiger partial charge in [-0.3, -0.25) is 9.36 Å². The number of nitrogens with one attached hydrogen (secondary N) is 1. The van der Waals surface area contributed by atoms with Crippen molar-refractivity contribution < 1.29 is 9.32 Å². The summed E-state index contributed by atoms with van der Waals surface area (Å²) in [5.74, 6) is 2.61. The van der Waals surface area contributed by atoms with E-state index in [2.05, 4.69) is 57.3 Å². The lowest BCUT2D eigenvalue weighted by Crippen LogP contribution is -2.23. The fourth-order valence-corrected chi connectivity index (χ4v) is 4.86. The third kappa shape index (κ3) is 4.59. The highest BCUT2D eigenvalue weighted by molar-refractivity contribution is 7.99. The van der Waals surface area contributed by atoms with Crippen LogP contribution in [0.15, 0.2) is 40.0 Å². The summed E-state index contributed by atoms with van der Waals surface area (Å²) in [4.78, 5) is 12.4. The summed E-state index contributed by atoms with van der Waals surface area (Å²) in [6, 6.07) is 10.4. The van der Waals surface area contributed by atoms with Crippen molar-refractivity contribution in [1.29, 1.82) is 0 Å². The van der Waals surface area contributed by atoms with E-state index in [1.165, 1.54) is 36.6 Å². The van der Waals surface area contributed by atoms with Gasteiger partial charge in [-0.05, 0) is 38.7 Å². The average molecular weight is 426 g/mol. The molecular formula is C22H27N5O2S. The van der Waals surface area contributed by atoms with Crippen molar-refractivity contribution in [2.45, 2.75) is 57.7 Å². The fourth-order valence-electron chi connectivity index (χ4n) is 4.07. The van der Waals surface area contributed by atoms with Gasteiger partial charge in [0.05, 0.1) is 5.75 Å². The Balaban J connectivity index is 1.58. The van der Waals surface area contributed by atoms with Crippen molar-refractivity contribution in [3.8, 4) is 11.4 Å². The molecule has 158 valence electrons. The predicted molar refractivity (Wildman–Crippen MR) is 117 cm³/mol. The van der Waals surface area contributed by atoms with Crippen molar-refractivity contribution in [2.75, 3.05) is 11.1 Å². The van der Waals surface area contributed by atoms with Crippen LogP contribution in [0.25, 0.3) is 11.4 Å². The SMILES string of the molecule is Cc1cccc(-c2nnc(SCC(=O)Nc3cc(C)on3)n2C2CCCCC2C)c1. The molecule has 1 N–H and O–H groups in total. The first-order chi connectivity index (χ1) is 14.5. The lowest BCUT2D eigenvalue weighted by Gasteiger charge is -2.31. The maximum atomic E-state index is 12.4. The van der Waals surface area contributed by atoms with Crippen LogP contribution in [0.3, 0.4) is 0 Å². The molecule has 0 spiro atoms. The van der Waals surface area contributed by atoms with Crippen molar-refractivity contribution in [3.63, 3.8) is 0 Å². The van der Waals surface area contributed by atoms with Gasteiger partial charge in [-0.1, -0.05) is 60.4 Å². The summed E-state index contributed by atoms with van der Waals surface area (Å²) in [5, 5.41) is 16.4. The zero-order chi connectivity index (χ0) is 21.1. The first-order valence-corrected chi connectivity index (χ1v) is 11.4. The van der Waals surface area contributed by atoms with Gasteiger partial charge in [0.1, 0.15) is 5.76 Å². The molecule has 0 saturated heterocycles. The number of nitrogens with zero attached hydrogens (tertiary/aromatic N) is 4. The molecule has 2 unspecified atom stereocenters. The molecule has 0 radical (unpaired) electrons. The molecule has 8 heteroatoms. The zero-order valence-corrected chi connectivity index (χ0v) is 18.4. The van der Waals surface area contributed by atoms with Gasteiger partial charge in [-0.2, -0.15) is 0 Å². The van der Waals surface area contributed by atoms with E-state index in [1.807, 2.05) is 6.07 Å². The number of benzene rings is 1. The van der Waals surface area contributed by atoms with Gasteiger partial charge < -0.3 is 9.84 Å². The Bertz CT molecular complexity index is 1030. The number of rotatable bonds is 6. The Morgan fingerprint density at radius 3 is 2.80 bits per heavy atom. The summed E-state index contributed by atoms with van der Waals surface area (Å²) in [7, 11) is 0. The molecule has 1 aliphatic carbocycles. The largest absolute Gasteiger partial charge is 0.360 e. The zero-order valence-electron chi connectivity index (χ0n) is 17.6. The van der Waals surface area contributed by atoms with Crippen LogP contribution >= 0.6 is 11.8 Å². The standard InChI is InChI=1S/C22H27N5O2S/c1-14-7-6-9-17(11-14)21-24-25-22(27(21)18-10-5-4-8-15(18)2)30-13-20(28)23-19-12-16(3)29-26-19/h6-7,9,11-12,15,18H,4-5,8,10,13H2,1-3H3,(H,23,26,28). The number of aromatic nitrogens is 4. The fraction of sp³-hybridized carbons (Fsp3) is 0.455. The van der Waals surface area contributed by atoms with Crippen LogP contribution in [0.4, 0.5) is 5.82 Å². The van der Waals surface area contributed by atoms with E-state index in [4.69, 9.17) is 4.52 Å². The van der Waals surface area contributed by atoms with Crippen LogP contribution in [0.2, 0.25) is 0 Å². The number of carbonyl (C=O) groups is 1. The van der Waals surface area contributed by atoms with E-state index in [9.17, 15) is 4.79 Å². The van der Waals surface area contributed by atoms with Gasteiger partial charge in [0.2, 0.25) is 5.91 Å². The summed E-state index contributed by atoms with van der Waals surface area (Å²) in [6.07, 6.45) is 4.78. The average Bonchev–Trinajstić information content (AvgIpc) is 3.33. The number of thioether (sulfide) groups is 1. The Kier molecular flexibility index (Phi) is 6.22. The maximum absolute atomic E-state index is 12.4.